The Labute approximate surface area is 158 Å². The van der Waals surface area contributed by atoms with Gasteiger partial charge in [0, 0.05) is 23.2 Å². The third-order valence-electron chi connectivity index (χ3n) is 5.61. The standard InChI is InChI=1S/C19H24N2O3S2/c22-19(20-12-14-1-2-18-16(11-14)5-9-25-18)15-3-7-21(8-4-15)17-6-10-26(23,24)13-17/h1-2,5,9,11,15,17H,3-4,6-8,10,12-13H2,(H,20,22)/t17-/m1/s1. The van der Waals surface area contributed by atoms with Gasteiger partial charge in [0.2, 0.25) is 5.91 Å². The molecular weight excluding hydrogens is 368 g/mol. The lowest BCUT2D eigenvalue weighted by molar-refractivity contribution is -0.126. The summed E-state index contributed by atoms with van der Waals surface area (Å²) in [6.07, 6.45) is 2.36. The Balaban J connectivity index is 1.27. The summed E-state index contributed by atoms with van der Waals surface area (Å²) in [5.41, 5.74) is 1.12. The highest BCUT2D eigenvalue weighted by Gasteiger charge is 2.35. The number of carbonyl (C=O) groups is 1. The zero-order valence-electron chi connectivity index (χ0n) is 14.7. The van der Waals surface area contributed by atoms with E-state index in [-0.39, 0.29) is 23.6 Å². The smallest absolute Gasteiger partial charge is 0.223 e. The van der Waals surface area contributed by atoms with Crippen LogP contribution in [-0.4, -0.2) is 49.9 Å². The molecule has 0 spiro atoms. The number of hydrogen-bond acceptors (Lipinski definition) is 5. The number of hydrogen-bond donors (Lipinski definition) is 1. The minimum Gasteiger partial charge on any atom is -0.352 e. The first-order valence-corrected chi connectivity index (χ1v) is 11.9. The van der Waals surface area contributed by atoms with Gasteiger partial charge < -0.3 is 5.32 Å². The highest BCUT2D eigenvalue weighted by molar-refractivity contribution is 7.91. The highest BCUT2D eigenvalue weighted by atomic mass is 32.2. The van der Waals surface area contributed by atoms with Crippen LogP contribution in [0.25, 0.3) is 10.1 Å². The molecule has 4 rings (SSSR count). The molecule has 2 aromatic rings. The van der Waals surface area contributed by atoms with Gasteiger partial charge in [0.25, 0.3) is 0 Å². The van der Waals surface area contributed by atoms with E-state index in [1.165, 1.54) is 10.1 Å². The first kappa shape index (κ1) is 17.9. The number of piperidine rings is 1. The fraction of sp³-hybridized carbons (Fsp3) is 0.526. The third kappa shape index (κ3) is 3.94. The van der Waals surface area contributed by atoms with Crippen LogP contribution in [0.4, 0.5) is 0 Å². The van der Waals surface area contributed by atoms with Gasteiger partial charge in [0.1, 0.15) is 0 Å². The summed E-state index contributed by atoms with van der Waals surface area (Å²) in [5, 5.41) is 6.38. The predicted octanol–water partition coefficient (Wildman–Crippen LogP) is 2.42. The molecule has 2 fully saturated rings. The van der Waals surface area contributed by atoms with E-state index in [4.69, 9.17) is 0 Å². The molecule has 1 amide bonds. The van der Waals surface area contributed by atoms with Crippen LogP contribution in [0.5, 0.6) is 0 Å². The van der Waals surface area contributed by atoms with E-state index in [0.29, 0.717) is 12.3 Å². The molecule has 3 heterocycles. The van der Waals surface area contributed by atoms with Crippen LogP contribution in [0, 0.1) is 5.92 Å². The van der Waals surface area contributed by atoms with Gasteiger partial charge in [-0.25, -0.2) is 8.42 Å². The molecule has 0 radical (unpaired) electrons. The van der Waals surface area contributed by atoms with Crippen LogP contribution in [0.15, 0.2) is 29.6 Å². The quantitative estimate of drug-likeness (QED) is 0.868. The zero-order chi connectivity index (χ0) is 18.1. The lowest BCUT2D eigenvalue weighted by Gasteiger charge is -2.34. The maximum absolute atomic E-state index is 12.5. The van der Waals surface area contributed by atoms with Crippen LogP contribution in [-0.2, 0) is 21.2 Å². The number of carbonyl (C=O) groups excluding carboxylic acids is 1. The average molecular weight is 393 g/mol. The number of benzene rings is 1. The second-order valence-electron chi connectivity index (χ2n) is 7.38. The highest BCUT2D eigenvalue weighted by Crippen LogP contribution is 2.25. The number of nitrogens with one attached hydrogen (secondary N) is 1. The summed E-state index contributed by atoms with van der Waals surface area (Å²) in [5.74, 6) is 0.754. The molecule has 0 aliphatic carbocycles. The third-order valence-corrected chi connectivity index (χ3v) is 8.26. The molecule has 26 heavy (non-hydrogen) atoms. The summed E-state index contributed by atoms with van der Waals surface area (Å²) >= 11 is 1.72. The van der Waals surface area contributed by atoms with Gasteiger partial charge in [-0.1, -0.05) is 6.07 Å². The Hall–Kier alpha value is -1.44. The number of likely N-dealkylation sites (tertiary alicyclic amines) is 1. The monoisotopic (exact) mass is 392 g/mol. The largest absolute Gasteiger partial charge is 0.352 e. The lowest BCUT2D eigenvalue weighted by Crippen LogP contribution is -2.45. The van der Waals surface area contributed by atoms with E-state index in [1.54, 1.807) is 11.3 Å². The van der Waals surface area contributed by atoms with Crippen molar-refractivity contribution < 1.29 is 13.2 Å². The van der Waals surface area contributed by atoms with Crippen molar-refractivity contribution in [3.8, 4) is 0 Å². The molecule has 2 aliphatic rings. The minimum absolute atomic E-state index is 0.0362. The number of sulfone groups is 1. The van der Waals surface area contributed by atoms with Gasteiger partial charge in [0.05, 0.1) is 11.5 Å². The van der Waals surface area contributed by atoms with Crippen LogP contribution in [0.3, 0.4) is 0 Å². The van der Waals surface area contributed by atoms with E-state index >= 15 is 0 Å². The summed E-state index contributed by atoms with van der Waals surface area (Å²) in [6.45, 7) is 2.20. The molecule has 1 aromatic heterocycles. The van der Waals surface area contributed by atoms with Gasteiger partial charge >= 0.3 is 0 Å². The fourth-order valence-electron chi connectivity index (χ4n) is 4.05. The molecule has 5 nitrogen and oxygen atoms in total. The molecule has 2 aliphatic heterocycles. The van der Waals surface area contributed by atoms with Crippen LogP contribution < -0.4 is 5.32 Å². The second-order valence-corrected chi connectivity index (χ2v) is 10.6. The summed E-state index contributed by atoms with van der Waals surface area (Å²) < 4.78 is 24.6. The Bertz CT molecular complexity index is 898. The Morgan fingerprint density at radius 1 is 1.19 bits per heavy atom. The van der Waals surface area contributed by atoms with Crippen molar-refractivity contribution in [3.05, 3.63) is 35.2 Å². The van der Waals surface area contributed by atoms with Gasteiger partial charge in [-0.2, -0.15) is 0 Å². The Morgan fingerprint density at radius 2 is 2.00 bits per heavy atom. The van der Waals surface area contributed by atoms with Gasteiger partial charge in [-0.05, 0) is 66.9 Å². The van der Waals surface area contributed by atoms with Crippen LogP contribution in [0.1, 0.15) is 24.8 Å². The molecule has 0 bridgehead atoms. The fourth-order valence-corrected chi connectivity index (χ4v) is 6.58. The molecule has 0 unspecified atom stereocenters. The van der Waals surface area contributed by atoms with Crippen molar-refractivity contribution in [2.24, 2.45) is 5.92 Å². The van der Waals surface area contributed by atoms with E-state index in [9.17, 15) is 13.2 Å². The Morgan fingerprint density at radius 3 is 2.73 bits per heavy atom. The first-order valence-electron chi connectivity index (χ1n) is 9.18. The minimum atomic E-state index is -2.85. The van der Waals surface area contributed by atoms with E-state index in [2.05, 4.69) is 39.9 Å². The molecule has 140 valence electrons. The van der Waals surface area contributed by atoms with Crippen molar-refractivity contribution in [1.82, 2.24) is 10.2 Å². The molecule has 0 saturated carbocycles. The van der Waals surface area contributed by atoms with Crippen molar-refractivity contribution in [1.29, 1.82) is 0 Å². The summed E-state index contributed by atoms with van der Waals surface area (Å²) in [6, 6.07) is 8.57. The van der Waals surface area contributed by atoms with E-state index in [1.807, 2.05) is 0 Å². The number of rotatable bonds is 4. The normalized spacial score (nSPS) is 24.1. The van der Waals surface area contributed by atoms with Gasteiger partial charge in [-0.3, -0.25) is 9.69 Å². The van der Waals surface area contributed by atoms with E-state index in [0.717, 1.165) is 37.9 Å². The summed E-state index contributed by atoms with van der Waals surface area (Å²) in [7, 11) is -2.85. The average Bonchev–Trinajstić information content (AvgIpc) is 3.25. The molecule has 1 aromatic carbocycles. The maximum Gasteiger partial charge on any atom is 0.223 e. The maximum atomic E-state index is 12.5. The molecule has 2 saturated heterocycles. The van der Waals surface area contributed by atoms with Crippen molar-refractivity contribution in [3.63, 3.8) is 0 Å². The molecule has 1 N–H and O–H groups in total. The molecular formula is C19H24N2O3S2. The lowest BCUT2D eigenvalue weighted by atomic mass is 9.94. The number of fused-ring (bicyclic) bond motifs is 1. The van der Waals surface area contributed by atoms with Crippen LogP contribution >= 0.6 is 11.3 Å². The Kier molecular flexibility index (Phi) is 5.03. The van der Waals surface area contributed by atoms with E-state index < -0.39 is 9.84 Å². The molecule has 1 atom stereocenters. The van der Waals surface area contributed by atoms with Gasteiger partial charge in [0.15, 0.2) is 9.84 Å². The first-order chi connectivity index (χ1) is 12.5. The van der Waals surface area contributed by atoms with Crippen LogP contribution in [0.2, 0.25) is 0 Å². The number of amides is 1. The predicted molar refractivity (Wildman–Crippen MR) is 105 cm³/mol. The van der Waals surface area contributed by atoms with Crippen molar-refractivity contribution in [2.75, 3.05) is 24.6 Å². The van der Waals surface area contributed by atoms with Crippen molar-refractivity contribution >= 4 is 37.2 Å². The second kappa shape index (κ2) is 7.29. The summed E-state index contributed by atoms with van der Waals surface area (Å²) in [4.78, 5) is 14.8. The van der Waals surface area contributed by atoms with Gasteiger partial charge in [-0.15, -0.1) is 11.3 Å². The number of nitrogens with zero attached hydrogens (tertiary/aromatic N) is 1. The topological polar surface area (TPSA) is 66.5 Å². The van der Waals surface area contributed by atoms with Crippen molar-refractivity contribution in [2.45, 2.75) is 31.8 Å². The number of thiophene rings is 1. The molecule has 7 heteroatoms. The zero-order valence-corrected chi connectivity index (χ0v) is 16.3. The SMILES string of the molecule is O=C(NCc1ccc2sccc2c1)C1CCN([C@@H]2CCS(=O)(=O)C2)CC1.